The van der Waals surface area contributed by atoms with Gasteiger partial charge in [-0.3, -0.25) is 0 Å². The number of benzene rings is 1. The van der Waals surface area contributed by atoms with Crippen LogP contribution in [0.5, 0.6) is 17.2 Å². The van der Waals surface area contributed by atoms with E-state index in [1.54, 1.807) is 36.5 Å². The number of nitrogens with zero attached hydrogens (tertiary/aromatic N) is 1. The van der Waals surface area contributed by atoms with Crippen molar-refractivity contribution in [1.29, 1.82) is 0 Å². The van der Waals surface area contributed by atoms with E-state index in [0.717, 1.165) is 0 Å². The number of halogens is 2. The van der Waals surface area contributed by atoms with Crippen LogP contribution in [0.25, 0.3) is 6.08 Å². The summed E-state index contributed by atoms with van der Waals surface area (Å²) in [4.78, 5) is 15.9. The van der Waals surface area contributed by atoms with Crippen LogP contribution in [0.3, 0.4) is 0 Å². The molecule has 2 aromatic rings. The summed E-state index contributed by atoms with van der Waals surface area (Å²) in [5, 5.41) is 0.395. The van der Waals surface area contributed by atoms with Crippen molar-refractivity contribution in [1.82, 2.24) is 4.98 Å². The molecule has 0 saturated heterocycles. The molecule has 0 aliphatic heterocycles. The van der Waals surface area contributed by atoms with Crippen LogP contribution in [-0.4, -0.2) is 24.7 Å². The van der Waals surface area contributed by atoms with Gasteiger partial charge in [0.05, 0.1) is 18.7 Å². The Kier molecular flexibility index (Phi) is 6.63. The van der Waals surface area contributed by atoms with Crippen LogP contribution in [0.15, 0.2) is 41.1 Å². The molecule has 1 aromatic heterocycles. The second kappa shape index (κ2) is 8.70. The lowest BCUT2D eigenvalue weighted by molar-refractivity contribution is -0.128. The summed E-state index contributed by atoms with van der Waals surface area (Å²) in [6, 6.07) is 6.72. The second-order valence-corrected chi connectivity index (χ2v) is 5.67. The summed E-state index contributed by atoms with van der Waals surface area (Å²) in [5.41, 5.74) is 0.687. The van der Waals surface area contributed by atoms with E-state index in [-0.39, 0.29) is 0 Å². The van der Waals surface area contributed by atoms with Gasteiger partial charge in [0.25, 0.3) is 0 Å². The quantitative estimate of drug-likeness (QED) is 0.396. The topological polar surface area (TPSA) is 57.7 Å². The van der Waals surface area contributed by atoms with Crippen LogP contribution in [0.4, 0.5) is 0 Å². The average molecular weight is 413 g/mol. The van der Waals surface area contributed by atoms with Gasteiger partial charge < -0.3 is 14.2 Å². The zero-order valence-corrected chi connectivity index (χ0v) is 15.4. The summed E-state index contributed by atoms with van der Waals surface area (Å²) >= 11 is 9.38. The van der Waals surface area contributed by atoms with E-state index < -0.39 is 5.97 Å². The fourth-order valence-electron chi connectivity index (χ4n) is 1.90. The number of methoxy groups -OCH3 is 1. The fourth-order valence-corrected chi connectivity index (χ4v) is 2.53. The van der Waals surface area contributed by atoms with E-state index in [1.165, 1.54) is 13.2 Å². The number of ether oxygens (including phenoxy) is 3. The van der Waals surface area contributed by atoms with E-state index in [2.05, 4.69) is 20.9 Å². The van der Waals surface area contributed by atoms with Crippen LogP contribution in [0.1, 0.15) is 12.5 Å². The molecule has 0 spiro atoms. The third-order valence-corrected chi connectivity index (χ3v) is 3.76. The maximum atomic E-state index is 11.9. The number of aromatic nitrogens is 1. The maximum absolute atomic E-state index is 11.9. The van der Waals surface area contributed by atoms with Gasteiger partial charge in [-0.25, -0.2) is 9.78 Å². The van der Waals surface area contributed by atoms with Gasteiger partial charge in [-0.05, 0) is 58.8 Å². The summed E-state index contributed by atoms with van der Waals surface area (Å²) in [6.45, 7) is 2.33. The van der Waals surface area contributed by atoms with Crippen LogP contribution in [0.2, 0.25) is 5.02 Å². The Bertz CT molecular complexity index is 764. The number of carbonyl (C=O) groups is 1. The van der Waals surface area contributed by atoms with Crippen LogP contribution in [-0.2, 0) is 4.79 Å². The number of carbonyl (C=O) groups excluding carboxylic acids is 1. The molecule has 0 fully saturated rings. The van der Waals surface area contributed by atoms with Crippen molar-refractivity contribution in [2.75, 3.05) is 13.7 Å². The zero-order valence-electron chi connectivity index (χ0n) is 13.1. The molecule has 0 amide bonds. The Morgan fingerprint density at radius 2 is 2.17 bits per heavy atom. The first-order chi connectivity index (χ1) is 11.5. The molecule has 7 heteroatoms. The Labute approximate surface area is 153 Å². The van der Waals surface area contributed by atoms with Gasteiger partial charge in [0.2, 0.25) is 0 Å². The first-order valence-electron chi connectivity index (χ1n) is 7.06. The molecule has 0 N–H and O–H groups in total. The normalized spacial score (nSPS) is 10.7. The number of rotatable bonds is 6. The second-order valence-electron chi connectivity index (χ2n) is 4.51. The molecule has 5 nitrogen and oxygen atoms in total. The number of hydrogen-bond donors (Lipinski definition) is 0. The molecule has 126 valence electrons. The van der Waals surface area contributed by atoms with Gasteiger partial charge >= 0.3 is 5.97 Å². The van der Waals surface area contributed by atoms with Gasteiger partial charge in [-0.15, -0.1) is 0 Å². The highest BCUT2D eigenvalue weighted by atomic mass is 79.9. The van der Waals surface area contributed by atoms with E-state index in [0.29, 0.717) is 39.0 Å². The van der Waals surface area contributed by atoms with E-state index >= 15 is 0 Å². The lowest BCUT2D eigenvalue weighted by atomic mass is 10.2. The third-order valence-electron chi connectivity index (χ3n) is 2.88. The smallest absolute Gasteiger partial charge is 0.336 e. The molecule has 0 aliphatic rings. The van der Waals surface area contributed by atoms with E-state index in [9.17, 15) is 4.79 Å². The average Bonchev–Trinajstić information content (AvgIpc) is 2.55. The molecule has 1 heterocycles. The third kappa shape index (κ3) is 4.72. The number of esters is 1. The highest BCUT2D eigenvalue weighted by molar-refractivity contribution is 9.10. The lowest BCUT2D eigenvalue weighted by Gasteiger charge is -2.11. The van der Waals surface area contributed by atoms with E-state index in [1.807, 2.05) is 6.92 Å². The molecular formula is C17H15BrClNO4. The van der Waals surface area contributed by atoms with Gasteiger partial charge in [0.1, 0.15) is 4.60 Å². The van der Waals surface area contributed by atoms with Crippen LogP contribution < -0.4 is 14.2 Å². The van der Waals surface area contributed by atoms with Crippen molar-refractivity contribution in [3.8, 4) is 17.2 Å². The fraction of sp³-hybridized carbons (Fsp3) is 0.176. The molecule has 0 bridgehead atoms. The Balaban J connectivity index is 2.16. The van der Waals surface area contributed by atoms with Gasteiger partial charge in [-0.1, -0.05) is 11.6 Å². The van der Waals surface area contributed by atoms with Gasteiger partial charge in [-0.2, -0.15) is 0 Å². The molecule has 0 unspecified atom stereocenters. The van der Waals surface area contributed by atoms with Gasteiger partial charge in [0.15, 0.2) is 17.2 Å². The predicted octanol–water partition coefficient (Wildman–Crippen LogP) is 4.52. The SMILES string of the molecule is CCOc1cc(/C=C/C(=O)Oc2cccnc2Br)cc(Cl)c1OC. The molecule has 24 heavy (non-hydrogen) atoms. The minimum absolute atomic E-state index is 0.343. The van der Waals surface area contributed by atoms with Gasteiger partial charge in [0, 0.05) is 12.3 Å². The minimum Gasteiger partial charge on any atom is -0.491 e. The summed E-state index contributed by atoms with van der Waals surface area (Å²) in [7, 11) is 1.52. The minimum atomic E-state index is -0.534. The summed E-state index contributed by atoms with van der Waals surface area (Å²) in [6.07, 6.45) is 4.47. The Hall–Kier alpha value is -2.05. The van der Waals surface area contributed by atoms with Crippen LogP contribution in [0, 0.1) is 0 Å². The Morgan fingerprint density at radius 3 is 2.83 bits per heavy atom. The highest BCUT2D eigenvalue weighted by Crippen LogP contribution is 2.36. The highest BCUT2D eigenvalue weighted by Gasteiger charge is 2.11. The molecule has 1 aromatic carbocycles. The van der Waals surface area contributed by atoms with Crippen molar-refractivity contribution in [2.24, 2.45) is 0 Å². The molecule has 0 saturated carbocycles. The molecule has 0 atom stereocenters. The van der Waals surface area contributed by atoms with Crippen molar-refractivity contribution in [2.45, 2.75) is 6.92 Å². The zero-order chi connectivity index (χ0) is 17.5. The number of pyridine rings is 1. The largest absolute Gasteiger partial charge is 0.491 e. The Morgan fingerprint density at radius 1 is 1.38 bits per heavy atom. The monoisotopic (exact) mass is 411 g/mol. The van der Waals surface area contributed by atoms with Crippen molar-refractivity contribution < 1.29 is 19.0 Å². The van der Waals surface area contributed by atoms with Crippen molar-refractivity contribution >= 4 is 39.6 Å². The standard InChI is InChI=1S/C17H15BrClNO4/c1-3-23-14-10-11(9-12(19)16(14)22-2)6-7-15(21)24-13-5-4-8-20-17(13)18/h4-10H,3H2,1-2H3/b7-6+. The summed E-state index contributed by atoms with van der Waals surface area (Å²) < 4.78 is 16.4. The number of hydrogen-bond acceptors (Lipinski definition) is 5. The van der Waals surface area contributed by atoms with Crippen LogP contribution >= 0.6 is 27.5 Å². The van der Waals surface area contributed by atoms with Crippen molar-refractivity contribution in [3.63, 3.8) is 0 Å². The molecule has 0 radical (unpaired) electrons. The predicted molar refractivity (Wildman–Crippen MR) is 95.8 cm³/mol. The van der Waals surface area contributed by atoms with Crippen molar-refractivity contribution in [3.05, 3.63) is 51.7 Å². The molecule has 2 rings (SSSR count). The molecule has 0 aliphatic carbocycles. The summed E-state index contributed by atoms with van der Waals surface area (Å²) in [5.74, 6) is 0.775. The molecular weight excluding hydrogens is 398 g/mol. The maximum Gasteiger partial charge on any atom is 0.336 e. The van der Waals surface area contributed by atoms with E-state index in [4.69, 9.17) is 25.8 Å². The first kappa shape index (κ1) is 18.3. The lowest BCUT2D eigenvalue weighted by Crippen LogP contribution is -2.04. The first-order valence-corrected chi connectivity index (χ1v) is 8.23.